The van der Waals surface area contributed by atoms with Crippen molar-refractivity contribution in [3.05, 3.63) is 62.4 Å². The smallest absolute Gasteiger partial charge is 0.328 e. The molecule has 0 fully saturated rings. The van der Waals surface area contributed by atoms with Gasteiger partial charge in [-0.25, -0.2) is 9.59 Å². The van der Waals surface area contributed by atoms with Crippen LogP contribution in [0.15, 0.2) is 40.1 Å². The van der Waals surface area contributed by atoms with Gasteiger partial charge in [-0.05, 0) is 23.6 Å². The second kappa shape index (κ2) is 8.29. The molecule has 0 saturated heterocycles. The number of aliphatic hydroxyl groups excluding tert-OH is 1. The Morgan fingerprint density at radius 1 is 1.32 bits per heavy atom. The van der Waals surface area contributed by atoms with E-state index in [4.69, 9.17) is 5.11 Å². The summed E-state index contributed by atoms with van der Waals surface area (Å²) < 4.78 is 1.18. The van der Waals surface area contributed by atoms with Crippen LogP contribution in [0.4, 0.5) is 10.5 Å². The lowest BCUT2D eigenvalue weighted by molar-refractivity contribution is 0.251. The van der Waals surface area contributed by atoms with Crippen LogP contribution in [-0.4, -0.2) is 27.3 Å². The van der Waals surface area contributed by atoms with Crippen LogP contribution in [0.1, 0.15) is 30.9 Å². The molecular formula is C17H22N4O4. The number of aromatic amines is 1. The predicted octanol–water partition coefficient (Wildman–Crippen LogP) is 0.974. The van der Waals surface area contributed by atoms with Gasteiger partial charge >= 0.3 is 11.7 Å². The summed E-state index contributed by atoms with van der Waals surface area (Å²) >= 11 is 0. The molecule has 0 aliphatic rings. The normalized spacial score (nSPS) is 10.7. The zero-order valence-electron chi connectivity index (χ0n) is 14.2. The highest BCUT2D eigenvalue weighted by Gasteiger charge is 2.08. The maximum absolute atomic E-state index is 12.0. The van der Waals surface area contributed by atoms with Crippen LogP contribution < -0.4 is 21.9 Å². The van der Waals surface area contributed by atoms with E-state index < -0.39 is 17.3 Å². The summed E-state index contributed by atoms with van der Waals surface area (Å²) in [5, 5.41) is 14.2. The van der Waals surface area contributed by atoms with Crippen molar-refractivity contribution in [1.82, 2.24) is 14.9 Å². The number of nitrogens with one attached hydrogen (secondary N) is 3. The summed E-state index contributed by atoms with van der Waals surface area (Å²) in [6.07, 6.45) is 1.33. The monoisotopic (exact) mass is 346 g/mol. The molecule has 25 heavy (non-hydrogen) atoms. The van der Waals surface area contributed by atoms with Crippen molar-refractivity contribution < 1.29 is 9.90 Å². The molecule has 2 rings (SSSR count). The minimum Gasteiger partial charge on any atom is -0.395 e. The molecule has 0 spiro atoms. The van der Waals surface area contributed by atoms with Crippen molar-refractivity contribution in [2.24, 2.45) is 0 Å². The van der Waals surface area contributed by atoms with E-state index in [0.717, 1.165) is 5.56 Å². The summed E-state index contributed by atoms with van der Waals surface area (Å²) in [6.45, 7) is 3.92. The first kappa shape index (κ1) is 18.5. The first-order chi connectivity index (χ1) is 11.9. The first-order valence-corrected chi connectivity index (χ1v) is 7.99. The SMILES string of the molecule is CC(C)c1cccc(NC(=O)NCc2cn(CCO)c(=O)[nH]c2=O)c1. The largest absolute Gasteiger partial charge is 0.395 e. The average Bonchev–Trinajstić information content (AvgIpc) is 2.56. The maximum Gasteiger partial charge on any atom is 0.328 e. The zero-order valence-corrected chi connectivity index (χ0v) is 14.2. The van der Waals surface area contributed by atoms with E-state index >= 15 is 0 Å². The topological polar surface area (TPSA) is 116 Å². The van der Waals surface area contributed by atoms with E-state index in [1.54, 1.807) is 6.07 Å². The number of amides is 2. The van der Waals surface area contributed by atoms with Gasteiger partial charge in [0.25, 0.3) is 5.56 Å². The van der Waals surface area contributed by atoms with E-state index in [-0.39, 0.29) is 25.3 Å². The molecular weight excluding hydrogens is 324 g/mol. The van der Waals surface area contributed by atoms with E-state index in [0.29, 0.717) is 11.6 Å². The van der Waals surface area contributed by atoms with Gasteiger partial charge in [-0.3, -0.25) is 14.3 Å². The van der Waals surface area contributed by atoms with Crippen LogP contribution in [0.2, 0.25) is 0 Å². The number of urea groups is 1. The number of aliphatic hydroxyl groups is 1. The van der Waals surface area contributed by atoms with E-state index in [1.807, 2.05) is 18.2 Å². The highest BCUT2D eigenvalue weighted by molar-refractivity contribution is 5.89. The lowest BCUT2D eigenvalue weighted by Crippen LogP contribution is -2.36. The number of rotatable bonds is 6. The number of H-pyrrole nitrogens is 1. The molecule has 0 bridgehead atoms. The first-order valence-electron chi connectivity index (χ1n) is 7.99. The minimum atomic E-state index is -0.599. The quantitative estimate of drug-likeness (QED) is 0.624. The van der Waals surface area contributed by atoms with Crippen molar-refractivity contribution >= 4 is 11.7 Å². The fourth-order valence-corrected chi connectivity index (χ4v) is 2.28. The highest BCUT2D eigenvalue weighted by Crippen LogP contribution is 2.18. The standard InChI is InChI=1S/C17H22N4O4/c1-11(2)12-4-3-5-14(8-12)19-16(24)18-9-13-10-21(6-7-22)17(25)20-15(13)23/h3-5,8,10-11,22H,6-7,9H2,1-2H3,(H2,18,19,24)(H,20,23,25). The molecule has 0 radical (unpaired) electrons. The number of hydrogen-bond acceptors (Lipinski definition) is 4. The van der Waals surface area contributed by atoms with E-state index in [2.05, 4.69) is 29.5 Å². The van der Waals surface area contributed by atoms with Gasteiger partial charge in [0.15, 0.2) is 0 Å². The Morgan fingerprint density at radius 2 is 2.08 bits per heavy atom. The van der Waals surface area contributed by atoms with Crippen molar-refractivity contribution in [3.63, 3.8) is 0 Å². The minimum absolute atomic E-state index is 0.0449. The molecule has 0 unspecified atom stereocenters. The molecule has 1 aromatic heterocycles. The van der Waals surface area contributed by atoms with E-state index in [1.165, 1.54) is 10.8 Å². The molecule has 8 nitrogen and oxygen atoms in total. The van der Waals surface area contributed by atoms with Crippen LogP contribution in [0, 0.1) is 0 Å². The number of aromatic nitrogens is 2. The lowest BCUT2D eigenvalue weighted by atomic mass is 10.0. The summed E-state index contributed by atoms with van der Waals surface area (Å²) in [7, 11) is 0. The summed E-state index contributed by atoms with van der Waals surface area (Å²) in [5.41, 5.74) is 0.811. The molecule has 134 valence electrons. The Balaban J connectivity index is 2.03. The van der Waals surface area contributed by atoms with Crippen LogP contribution in [0.25, 0.3) is 0 Å². The molecule has 2 aromatic rings. The van der Waals surface area contributed by atoms with Crippen molar-refractivity contribution in [2.75, 3.05) is 11.9 Å². The van der Waals surface area contributed by atoms with Gasteiger partial charge in [0.05, 0.1) is 25.3 Å². The van der Waals surface area contributed by atoms with Gasteiger partial charge in [0.1, 0.15) is 0 Å². The fourth-order valence-electron chi connectivity index (χ4n) is 2.28. The second-order valence-corrected chi connectivity index (χ2v) is 5.92. The average molecular weight is 346 g/mol. The Bertz CT molecular complexity index is 854. The number of carbonyl (C=O) groups is 1. The van der Waals surface area contributed by atoms with Gasteiger partial charge in [-0.2, -0.15) is 0 Å². The predicted molar refractivity (Wildman–Crippen MR) is 94.8 cm³/mol. The van der Waals surface area contributed by atoms with E-state index in [9.17, 15) is 14.4 Å². The van der Waals surface area contributed by atoms with Crippen LogP contribution in [-0.2, 0) is 13.1 Å². The number of carbonyl (C=O) groups excluding carboxylic acids is 1. The molecule has 8 heteroatoms. The Hall–Kier alpha value is -2.87. The van der Waals surface area contributed by atoms with Gasteiger partial charge in [-0.1, -0.05) is 26.0 Å². The van der Waals surface area contributed by atoms with Crippen LogP contribution in [0.5, 0.6) is 0 Å². The van der Waals surface area contributed by atoms with Gasteiger partial charge in [0.2, 0.25) is 0 Å². The van der Waals surface area contributed by atoms with Crippen LogP contribution in [0.3, 0.4) is 0 Å². The molecule has 0 saturated carbocycles. The second-order valence-electron chi connectivity index (χ2n) is 5.92. The molecule has 0 atom stereocenters. The highest BCUT2D eigenvalue weighted by atomic mass is 16.3. The maximum atomic E-state index is 12.0. The third kappa shape index (κ3) is 5.05. The molecule has 1 aromatic carbocycles. The van der Waals surface area contributed by atoms with Crippen LogP contribution >= 0.6 is 0 Å². The van der Waals surface area contributed by atoms with Crippen molar-refractivity contribution in [3.8, 4) is 0 Å². The zero-order chi connectivity index (χ0) is 18.4. The third-order valence-corrected chi connectivity index (χ3v) is 3.68. The molecule has 2 amide bonds. The Labute approximate surface area is 144 Å². The molecule has 1 heterocycles. The van der Waals surface area contributed by atoms with Gasteiger partial charge in [0, 0.05) is 11.9 Å². The summed E-state index contributed by atoms with van der Waals surface area (Å²) in [6, 6.07) is 7.05. The summed E-state index contributed by atoms with van der Waals surface area (Å²) in [5.74, 6) is 0.343. The lowest BCUT2D eigenvalue weighted by Gasteiger charge is -2.11. The van der Waals surface area contributed by atoms with Crippen molar-refractivity contribution in [1.29, 1.82) is 0 Å². The fraction of sp³-hybridized carbons (Fsp3) is 0.353. The number of nitrogens with zero attached hydrogens (tertiary/aromatic N) is 1. The third-order valence-electron chi connectivity index (χ3n) is 3.68. The Kier molecular flexibility index (Phi) is 6.13. The number of hydrogen-bond donors (Lipinski definition) is 4. The van der Waals surface area contributed by atoms with Gasteiger partial charge in [-0.15, -0.1) is 0 Å². The van der Waals surface area contributed by atoms with Gasteiger partial charge < -0.3 is 15.7 Å². The summed E-state index contributed by atoms with van der Waals surface area (Å²) in [4.78, 5) is 37.5. The Morgan fingerprint density at radius 3 is 2.76 bits per heavy atom. The molecule has 0 aliphatic carbocycles. The van der Waals surface area contributed by atoms with Crippen molar-refractivity contribution in [2.45, 2.75) is 32.9 Å². The number of benzene rings is 1. The molecule has 0 aliphatic heterocycles. The molecule has 4 N–H and O–H groups in total. The number of anilines is 1.